The van der Waals surface area contributed by atoms with E-state index in [9.17, 15) is 9.59 Å². The minimum absolute atomic E-state index is 0.463. The van der Waals surface area contributed by atoms with Crippen LogP contribution in [0.1, 0.15) is 13.3 Å². The van der Waals surface area contributed by atoms with E-state index in [4.69, 9.17) is 5.73 Å². The molecule has 3 N–H and O–H groups in total. The first kappa shape index (κ1) is 11.0. The Balaban J connectivity index is 4.09. The van der Waals surface area contributed by atoms with E-state index in [0.717, 1.165) is 0 Å². The molecule has 0 aliphatic rings. The normalized spacial score (nSPS) is 10.8. The summed E-state index contributed by atoms with van der Waals surface area (Å²) in [6, 6.07) is -0.633. The maximum Gasteiger partial charge on any atom is 0.297 e. The van der Waals surface area contributed by atoms with Crippen molar-refractivity contribution in [3.63, 3.8) is 0 Å². The van der Waals surface area contributed by atoms with Crippen LogP contribution in [0.2, 0.25) is 0 Å². The molecule has 0 rings (SSSR count). The predicted octanol–water partition coefficient (Wildman–Crippen LogP) is -0.278. The Morgan fingerprint density at radius 3 is 2.58 bits per heavy atom. The van der Waals surface area contributed by atoms with E-state index in [-0.39, 0.29) is 0 Å². The number of nitrogens with one attached hydrogen (secondary N) is 1. The van der Waals surface area contributed by atoms with Crippen LogP contribution in [0.5, 0.6) is 0 Å². The number of carbonyl (C=O) groups is 2. The molecule has 0 aliphatic carbocycles. The Kier molecular flexibility index (Phi) is 5.13. The molecule has 2 amide bonds. The van der Waals surface area contributed by atoms with Gasteiger partial charge in [-0.15, -0.1) is 0 Å². The fourth-order valence-electron chi connectivity index (χ4n) is 0.612. The summed E-state index contributed by atoms with van der Waals surface area (Å²) >= 11 is 2.76. The van der Waals surface area contributed by atoms with E-state index in [1.165, 1.54) is 0 Å². The van der Waals surface area contributed by atoms with Crippen molar-refractivity contribution in [3.8, 4) is 10.8 Å². The van der Waals surface area contributed by atoms with E-state index in [2.05, 4.69) is 32.0 Å². The lowest BCUT2D eigenvalue weighted by Gasteiger charge is -2.09. The van der Waals surface area contributed by atoms with Gasteiger partial charge in [0.25, 0.3) is 5.91 Å². The summed E-state index contributed by atoms with van der Waals surface area (Å²) in [4.78, 5) is 23.6. The Morgan fingerprint density at radius 2 is 2.25 bits per heavy atom. The molecule has 0 spiro atoms. The second-order valence-corrected chi connectivity index (χ2v) is 2.45. The third kappa shape index (κ3) is 3.98. The zero-order chi connectivity index (χ0) is 9.56. The van der Waals surface area contributed by atoms with Gasteiger partial charge in [0.05, 0.1) is 0 Å². The molecule has 5 heteroatoms. The van der Waals surface area contributed by atoms with Gasteiger partial charge in [-0.25, -0.2) is 0 Å². The molecule has 0 aliphatic heterocycles. The fourth-order valence-corrected chi connectivity index (χ4v) is 0.792. The first-order valence-corrected chi connectivity index (χ1v) is 4.12. The molecule has 0 bridgehead atoms. The average Bonchev–Trinajstić information content (AvgIpc) is 2.00. The summed E-state index contributed by atoms with van der Waals surface area (Å²) in [6.45, 7) is 1.75. The number of halogens is 1. The van der Waals surface area contributed by atoms with Crippen LogP contribution in [0.15, 0.2) is 0 Å². The standard InChI is InChI=1S/C7H9BrN2O2/c1-2-5(7(9)12)10-6(11)3-4-8/h5H,2H2,1H3,(H2,9,12)(H,10,11)/t5-/m1/s1. The van der Waals surface area contributed by atoms with Gasteiger partial charge in [-0.2, -0.15) is 0 Å². The van der Waals surface area contributed by atoms with Crippen LogP contribution in [0, 0.1) is 10.8 Å². The second kappa shape index (κ2) is 5.61. The monoisotopic (exact) mass is 232 g/mol. The molecule has 0 radical (unpaired) electrons. The van der Waals surface area contributed by atoms with Crippen molar-refractivity contribution in [1.29, 1.82) is 0 Å². The molecule has 0 fully saturated rings. The van der Waals surface area contributed by atoms with E-state index in [1.54, 1.807) is 6.92 Å². The van der Waals surface area contributed by atoms with Gasteiger partial charge in [0.15, 0.2) is 0 Å². The maximum absolute atomic E-state index is 10.8. The van der Waals surface area contributed by atoms with Crippen LogP contribution in [0.3, 0.4) is 0 Å². The molecule has 4 nitrogen and oxygen atoms in total. The number of hydrogen-bond donors (Lipinski definition) is 2. The Morgan fingerprint density at radius 1 is 1.67 bits per heavy atom. The topological polar surface area (TPSA) is 72.2 Å². The van der Waals surface area contributed by atoms with Crippen LogP contribution in [-0.2, 0) is 9.59 Å². The summed E-state index contributed by atoms with van der Waals surface area (Å²) < 4.78 is 0. The summed E-state index contributed by atoms with van der Waals surface area (Å²) in [5.41, 5.74) is 4.98. The number of carbonyl (C=O) groups excluding carboxylic acids is 2. The van der Waals surface area contributed by atoms with E-state index in [1.807, 2.05) is 0 Å². The third-order valence-electron chi connectivity index (χ3n) is 1.22. The van der Waals surface area contributed by atoms with Crippen molar-refractivity contribution in [2.45, 2.75) is 19.4 Å². The molecule has 0 aromatic carbocycles. The smallest absolute Gasteiger partial charge is 0.297 e. The van der Waals surface area contributed by atoms with Gasteiger partial charge in [0.1, 0.15) is 6.04 Å². The van der Waals surface area contributed by atoms with Crippen LogP contribution >= 0.6 is 15.9 Å². The van der Waals surface area contributed by atoms with Crippen molar-refractivity contribution in [1.82, 2.24) is 5.32 Å². The molecule has 0 saturated heterocycles. The minimum atomic E-state index is -0.633. The number of rotatable bonds is 3. The molecular weight excluding hydrogens is 224 g/mol. The zero-order valence-electron chi connectivity index (χ0n) is 6.56. The lowest BCUT2D eigenvalue weighted by atomic mass is 10.2. The molecule has 66 valence electrons. The highest BCUT2D eigenvalue weighted by atomic mass is 79.9. The van der Waals surface area contributed by atoms with Crippen LogP contribution in [0.25, 0.3) is 0 Å². The van der Waals surface area contributed by atoms with E-state index < -0.39 is 17.9 Å². The average molecular weight is 233 g/mol. The second-order valence-electron chi connectivity index (χ2n) is 2.06. The van der Waals surface area contributed by atoms with Crippen molar-refractivity contribution in [2.75, 3.05) is 0 Å². The van der Waals surface area contributed by atoms with Gasteiger partial charge in [0.2, 0.25) is 5.91 Å². The first-order chi connectivity index (χ1) is 5.61. The zero-order valence-corrected chi connectivity index (χ0v) is 8.14. The highest BCUT2D eigenvalue weighted by Crippen LogP contribution is 1.88. The molecule has 0 aromatic heterocycles. The van der Waals surface area contributed by atoms with Gasteiger partial charge in [-0.05, 0) is 11.3 Å². The lowest BCUT2D eigenvalue weighted by Crippen LogP contribution is -2.43. The van der Waals surface area contributed by atoms with Crippen molar-refractivity contribution < 1.29 is 9.59 Å². The number of nitrogens with two attached hydrogens (primary N) is 1. The van der Waals surface area contributed by atoms with Crippen LogP contribution in [0.4, 0.5) is 0 Å². The predicted molar refractivity (Wildman–Crippen MR) is 48.1 cm³/mol. The molecule has 1 atom stereocenters. The van der Waals surface area contributed by atoms with Crippen molar-refractivity contribution >= 4 is 27.7 Å². The Labute approximate surface area is 79.0 Å². The van der Waals surface area contributed by atoms with Gasteiger partial charge < -0.3 is 11.1 Å². The Hall–Kier alpha value is -1.02. The summed E-state index contributed by atoms with van der Waals surface area (Å²) in [5.74, 6) is 1.10. The van der Waals surface area contributed by atoms with Gasteiger partial charge >= 0.3 is 0 Å². The molecule has 0 aromatic rings. The SMILES string of the molecule is CC[C@@H](NC(=O)C#CBr)C(N)=O. The maximum atomic E-state index is 10.8. The first-order valence-electron chi connectivity index (χ1n) is 3.33. The molecule has 12 heavy (non-hydrogen) atoms. The van der Waals surface area contributed by atoms with Crippen LogP contribution < -0.4 is 11.1 Å². The summed E-state index contributed by atoms with van der Waals surface area (Å²) in [6.07, 6.45) is 0.463. The highest BCUT2D eigenvalue weighted by molar-refractivity contribution is 9.12. The van der Waals surface area contributed by atoms with Gasteiger partial charge in [-0.1, -0.05) is 6.92 Å². The molecular formula is C7H9BrN2O2. The van der Waals surface area contributed by atoms with Gasteiger partial charge in [0, 0.05) is 21.9 Å². The number of primary amides is 1. The van der Waals surface area contributed by atoms with Crippen molar-refractivity contribution in [3.05, 3.63) is 0 Å². The van der Waals surface area contributed by atoms with Crippen molar-refractivity contribution in [2.24, 2.45) is 5.73 Å². The summed E-state index contributed by atoms with van der Waals surface area (Å²) in [5, 5.41) is 2.35. The molecule has 0 unspecified atom stereocenters. The summed E-state index contributed by atoms with van der Waals surface area (Å²) in [7, 11) is 0. The molecule has 0 heterocycles. The van der Waals surface area contributed by atoms with Crippen LogP contribution in [-0.4, -0.2) is 17.9 Å². The van der Waals surface area contributed by atoms with E-state index >= 15 is 0 Å². The fraction of sp³-hybridized carbons (Fsp3) is 0.429. The Bertz CT molecular complexity index is 242. The quantitative estimate of drug-likeness (QED) is 0.658. The third-order valence-corrected chi connectivity index (χ3v) is 1.42. The minimum Gasteiger partial charge on any atom is -0.368 e. The number of amides is 2. The van der Waals surface area contributed by atoms with E-state index in [0.29, 0.717) is 6.42 Å². The molecule has 0 saturated carbocycles. The highest BCUT2D eigenvalue weighted by Gasteiger charge is 2.13. The lowest BCUT2D eigenvalue weighted by molar-refractivity contribution is -0.124. The number of hydrogen-bond acceptors (Lipinski definition) is 2. The van der Waals surface area contributed by atoms with Gasteiger partial charge in [-0.3, -0.25) is 9.59 Å². The largest absolute Gasteiger partial charge is 0.368 e.